The summed E-state index contributed by atoms with van der Waals surface area (Å²) in [5.74, 6) is 1.81. The van der Waals surface area contributed by atoms with Gasteiger partial charge in [-0.05, 0) is 59.2 Å². The predicted octanol–water partition coefficient (Wildman–Crippen LogP) is 15.6. The van der Waals surface area contributed by atoms with Gasteiger partial charge in [0.2, 0.25) is 0 Å². The lowest BCUT2D eigenvalue weighted by Crippen LogP contribution is -2.01. The molecule has 294 valence electrons. The lowest BCUT2D eigenvalue weighted by atomic mass is 9.95. The van der Waals surface area contributed by atoms with Crippen molar-refractivity contribution >= 4 is 75.3 Å². The van der Waals surface area contributed by atoms with Gasteiger partial charge in [-0.15, -0.1) is 11.3 Å². The standard InChI is InChI=1S/C57H34N4OS/c1-2-15-35(16-3-1)36-31-33-37(34-32-36)55-58-56(43-23-14-30-51-52(43)42-20-7-11-29-50(42)63-51)60-57(59-55)44-22-13-28-49-54(44)53-41(21-12-27-48(53)62-49)40-19-6-10-26-47(40)61-45-24-8-4-17-38(45)39-18-5-9-25-46(39)61/h1-34H. The maximum absolute atomic E-state index is 6.75. The molecule has 0 aliphatic carbocycles. The SMILES string of the molecule is c1ccc(-c2ccc(-c3nc(-c4cccc5sc6ccccc6c45)nc(-c4cccc5oc6cccc(-c7ccccc7-n7c8ccccc8c8ccccc87)c6c45)n3)cc2)cc1. The topological polar surface area (TPSA) is 56.7 Å². The number of hydrogen-bond donors (Lipinski definition) is 0. The number of rotatable bonds is 6. The fraction of sp³-hybridized carbons (Fsp3) is 0. The second-order valence-electron chi connectivity index (χ2n) is 15.9. The van der Waals surface area contributed by atoms with Crippen molar-refractivity contribution in [2.75, 3.05) is 0 Å². The average molecular weight is 823 g/mol. The fourth-order valence-electron chi connectivity index (χ4n) is 9.51. The zero-order valence-corrected chi connectivity index (χ0v) is 34.6. The third-order valence-electron chi connectivity index (χ3n) is 12.3. The highest BCUT2D eigenvalue weighted by molar-refractivity contribution is 7.25. The first-order valence-corrected chi connectivity index (χ1v) is 21.9. The van der Waals surface area contributed by atoms with Gasteiger partial charge in [0.15, 0.2) is 17.5 Å². The van der Waals surface area contributed by atoms with Crippen molar-refractivity contribution < 1.29 is 4.42 Å². The quantitative estimate of drug-likeness (QED) is 0.168. The molecule has 0 bridgehead atoms. The predicted molar refractivity (Wildman–Crippen MR) is 262 cm³/mol. The lowest BCUT2D eigenvalue weighted by molar-refractivity contribution is 0.669. The van der Waals surface area contributed by atoms with Gasteiger partial charge in [0.05, 0.1) is 16.7 Å². The van der Waals surface area contributed by atoms with E-state index < -0.39 is 0 Å². The number of thiophene rings is 1. The summed E-state index contributed by atoms with van der Waals surface area (Å²) in [4.78, 5) is 16.0. The van der Waals surface area contributed by atoms with Crippen LogP contribution < -0.4 is 0 Å². The summed E-state index contributed by atoms with van der Waals surface area (Å²) in [5.41, 5.74) is 12.2. The summed E-state index contributed by atoms with van der Waals surface area (Å²) in [6, 6.07) is 72.5. The summed E-state index contributed by atoms with van der Waals surface area (Å²) >= 11 is 1.79. The van der Waals surface area contributed by atoms with Crippen molar-refractivity contribution in [1.29, 1.82) is 0 Å². The fourth-order valence-corrected chi connectivity index (χ4v) is 10.6. The molecule has 5 nitrogen and oxygen atoms in total. The molecule has 6 heteroatoms. The van der Waals surface area contributed by atoms with Crippen LogP contribution in [0.25, 0.3) is 126 Å². The van der Waals surface area contributed by atoms with E-state index in [1.54, 1.807) is 11.3 Å². The van der Waals surface area contributed by atoms with E-state index in [1.807, 2.05) is 18.2 Å². The molecule has 0 aliphatic rings. The molecule has 9 aromatic carbocycles. The maximum atomic E-state index is 6.75. The van der Waals surface area contributed by atoms with Crippen molar-refractivity contribution in [2.24, 2.45) is 0 Å². The molecule has 0 aliphatic heterocycles. The molecule has 0 amide bonds. The minimum absolute atomic E-state index is 0.581. The number of fused-ring (bicyclic) bond motifs is 9. The van der Waals surface area contributed by atoms with E-state index >= 15 is 0 Å². The van der Waals surface area contributed by atoms with Crippen LogP contribution in [0.15, 0.2) is 211 Å². The van der Waals surface area contributed by atoms with Crippen LogP contribution in [0.1, 0.15) is 0 Å². The number of furan rings is 1. The van der Waals surface area contributed by atoms with Gasteiger partial charge in [-0.2, -0.15) is 0 Å². The molecule has 0 saturated heterocycles. The molecule has 0 radical (unpaired) electrons. The van der Waals surface area contributed by atoms with Gasteiger partial charge < -0.3 is 8.98 Å². The zero-order chi connectivity index (χ0) is 41.4. The van der Waals surface area contributed by atoms with Gasteiger partial charge in [0, 0.05) is 64.0 Å². The van der Waals surface area contributed by atoms with E-state index in [4.69, 9.17) is 19.4 Å². The highest BCUT2D eigenvalue weighted by Gasteiger charge is 2.23. The van der Waals surface area contributed by atoms with Crippen molar-refractivity contribution in [3.8, 4) is 62.1 Å². The largest absolute Gasteiger partial charge is 0.456 e. The second-order valence-corrected chi connectivity index (χ2v) is 17.0. The second kappa shape index (κ2) is 14.2. The average Bonchev–Trinajstić information content (AvgIpc) is 4.04. The summed E-state index contributed by atoms with van der Waals surface area (Å²) in [6.45, 7) is 0. The molecule has 0 saturated carbocycles. The Labute approximate surface area is 365 Å². The molecule has 13 rings (SSSR count). The molecular weight excluding hydrogens is 789 g/mol. The number of aromatic nitrogens is 4. The minimum atomic E-state index is 0.581. The molecule has 0 spiro atoms. The van der Waals surface area contributed by atoms with E-state index in [1.165, 1.54) is 25.6 Å². The number of hydrogen-bond acceptors (Lipinski definition) is 5. The monoisotopic (exact) mass is 822 g/mol. The van der Waals surface area contributed by atoms with Crippen LogP contribution in [0.4, 0.5) is 0 Å². The van der Waals surface area contributed by atoms with Crippen LogP contribution >= 0.6 is 11.3 Å². The van der Waals surface area contributed by atoms with Crippen LogP contribution in [0, 0.1) is 0 Å². The molecule has 0 fully saturated rings. The van der Waals surface area contributed by atoms with E-state index in [-0.39, 0.29) is 0 Å². The first kappa shape index (κ1) is 35.6. The van der Waals surface area contributed by atoms with Gasteiger partial charge in [0.25, 0.3) is 0 Å². The summed E-state index contributed by atoms with van der Waals surface area (Å²) in [6.07, 6.45) is 0. The van der Waals surface area contributed by atoms with Crippen LogP contribution in [-0.4, -0.2) is 19.5 Å². The van der Waals surface area contributed by atoms with Crippen LogP contribution in [0.3, 0.4) is 0 Å². The van der Waals surface area contributed by atoms with E-state index in [0.717, 1.165) is 83.0 Å². The number of para-hydroxylation sites is 3. The molecule has 4 aromatic heterocycles. The highest BCUT2D eigenvalue weighted by atomic mass is 32.1. The Morgan fingerprint density at radius 1 is 0.333 bits per heavy atom. The van der Waals surface area contributed by atoms with Crippen LogP contribution in [-0.2, 0) is 0 Å². The molecule has 4 heterocycles. The highest BCUT2D eigenvalue weighted by Crippen LogP contribution is 2.45. The van der Waals surface area contributed by atoms with Crippen molar-refractivity contribution in [2.45, 2.75) is 0 Å². The first-order valence-electron chi connectivity index (χ1n) is 21.1. The van der Waals surface area contributed by atoms with Gasteiger partial charge in [-0.25, -0.2) is 15.0 Å². The normalized spacial score (nSPS) is 11.8. The third kappa shape index (κ3) is 5.66. The van der Waals surface area contributed by atoms with E-state index in [9.17, 15) is 0 Å². The van der Waals surface area contributed by atoms with Gasteiger partial charge in [-0.3, -0.25) is 0 Å². The molecule has 0 N–H and O–H groups in total. The van der Waals surface area contributed by atoms with E-state index in [2.05, 4.69) is 193 Å². The van der Waals surface area contributed by atoms with Crippen LogP contribution in [0.5, 0.6) is 0 Å². The summed E-state index contributed by atoms with van der Waals surface area (Å²) in [7, 11) is 0. The molecule has 0 atom stereocenters. The Bertz CT molecular complexity index is 3860. The number of benzene rings is 9. The molecule has 13 aromatic rings. The van der Waals surface area contributed by atoms with Crippen molar-refractivity contribution in [3.05, 3.63) is 206 Å². The smallest absolute Gasteiger partial charge is 0.164 e. The molecule has 0 unspecified atom stereocenters. The van der Waals surface area contributed by atoms with Crippen molar-refractivity contribution in [3.63, 3.8) is 0 Å². The van der Waals surface area contributed by atoms with Crippen LogP contribution in [0.2, 0.25) is 0 Å². The Morgan fingerprint density at radius 3 is 1.56 bits per heavy atom. The maximum Gasteiger partial charge on any atom is 0.164 e. The Balaban J connectivity index is 1.06. The first-order chi connectivity index (χ1) is 31.2. The molecular formula is C57H34N4OS. The Hall–Kier alpha value is -8.19. The summed E-state index contributed by atoms with van der Waals surface area (Å²) in [5, 5.41) is 6.76. The Morgan fingerprint density at radius 2 is 0.825 bits per heavy atom. The van der Waals surface area contributed by atoms with E-state index in [0.29, 0.717) is 17.5 Å². The Kier molecular flexibility index (Phi) is 8.01. The van der Waals surface area contributed by atoms with Gasteiger partial charge >= 0.3 is 0 Å². The molecule has 63 heavy (non-hydrogen) atoms. The van der Waals surface area contributed by atoms with Gasteiger partial charge in [-0.1, -0.05) is 164 Å². The summed E-state index contributed by atoms with van der Waals surface area (Å²) < 4.78 is 11.6. The number of nitrogens with zero attached hydrogens (tertiary/aromatic N) is 4. The van der Waals surface area contributed by atoms with Crippen molar-refractivity contribution in [1.82, 2.24) is 19.5 Å². The lowest BCUT2D eigenvalue weighted by Gasteiger charge is -2.15. The minimum Gasteiger partial charge on any atom is -0.456 e. The zero-order valence-electron chi connectivity index (χ0n) is 33.7. The third-order valence-corrected chi connectivity index (χ3v) is 13.4. The van der Waals surface area contributed by atoms with Gasteiger partial charge in [0.1, 0.15) is 11.2 Å².